The van der Waals surface area contributed by atoms with E-state index in [4.69, 9.17) is 27.9 Å². The average molecular weight is 481 g/mol. The summed E-state index contributed by atoms with van der Waals surface area (Å²) in [6, 6.07) is 23.9. The maximum absolute atomic E-state index is 6.44. The minimum atomic E-state index is 0.486. The molecule has 2 unspecified atom stereocenters. The largest absolute Gasteiger partial charge is 0.496 e. The van der Waals surface area contributed by atoms with Crippen LogP contribution in [0.25, 0.3) is 11.1 Å². The molecule has 0 spiro atoms. The fourth-order valence-corrected chi connectivity index (χ4v) is 5.99. The van der Waals surface area contributed by atoms with Crippen LogP contribution in [0.4, 0.5) is 0 Å². The van der Waals surface area contributed by atoms with Crippen LogP contribution < -0.4 is 10.1 Å². The lowest BCUT2D eigenvalue weighted by Gasteiger charge is -2.51. The van der Waals surface area contributed by atoms with Gasteiger partial charge in [-0.15, -0.1) is 0 Å². The first-order valence-corrected chi connectivity index (χ1v) is 12.5. The first-order chi connectivity index (χ1) is 16.1. The summed E-state index contributed by atoms with van der Waals surface area (Å²) in [6.45, 7) is 3.25. The van der Waals surface area contributed by atoms with Crippen molar-refractivity contribution in [1.82, 2.24) is 10.2 Å². The molecule has 3 nitrogen and oxygen atoms in total. The number of methoxy groups -OCH3 is 1. The van der Waals surface area contributed by atoms with Gasteiger partial charge in [0.1, 0.15) is 5.75 Å². The molecule has 0 saturated carbocycles. The molecule has 2 atom stereocenters. The highest BCUT2D eigenvalue weighted by atomic mass is 35.5. The smallest absolute Gasteiger partial charge is 0.123 e. The Balaban J connectivity index is 1.32. The molecule has 3 fully saturated rings. The summed E-state index contributed by atoms with van der Waals surface area (Å²) >= 11 is 12.7. The van der Waals surface area contributed by atoms with Gasteiger partial charge in [0, 0.05) is 29.8 Å². The van der Waals surface area contributed by atoms with E-state index in [0.29, 0.717) is 22.1 Å². The minimum absolute atomic E-state index is 0.486. The fraction of sp³-hybridized carbons (Fsp3) is 0.357. The van der Waals surface area contributed by atoms with E-state index < -0.39 is 0 Å². The Labute approximate surface area is 206 Å². The molecular formula is C28H30Cl2N2O. The number of halogens is 2. The summed E-state index contributed by atoms with van der Waals surface area (Å²) in [4.78, 5) is 2.68. The normalized spacial score (nSPS) is 24.1. The van der Waals surface area contributed by atoms with Crippen molar-refractivity contribution in [2.45, 2.75) is 37.9 Å². The number of nitrogens with zero attached hydrogens (tertiary/aromatic N) is 1. The summed E-state index contributed by atoms with van der Waals surface area (Å²) in [5.41, 5.74) is 4.66. The van der Waals surface area contributed by atoms with Crippen molar-refractivity contribution in [2.75, 3.05) is 20.2 Å². The molecule has 3 heterocycles. The van der Waals surface area contributed by atoms with E-state index in [2.05, 4.69) is 46.6 Å². The predicted molar refractivity (Wildman–Crippen MR) is 137 cm³/mol. The Morgan fingerprint density at radius 3 is 2.45 bits per heavy atom. The Bertz CT molecular complexity index is 1090. The second-order valence-corrected chi connectivity index (χ2v) is 9.95. The first kappa shape index (κ1) is 22.7. The van der Waals surface area contributed by atoms with Gasteiger partial charge in [-0.05, 0) is 61.5 Å². The summed E-state index contributed by atoms with van der Waals surface area (Å²) in [6.07, 6.45) is 3.61. The molecule has 2 bridgehead atoms. The Hall–Kier alpha value is -2.04. The van der Waals surface area contributed by atoms with Crippen molar-refractivity contribution in [3.8, 4) is 16.9 Å². The molecular weight excluding hydrogens is 451 g/mol. The first-order valence-electron chi connectivity index (χ1n) is 11.8. The number of hydrogen-bond donors (Lipinski definition) is 1. The monoisotopic (exact) mass is 480 g/mol. The number of benzene rings is 3. The molecule has 5 heteroatoms. The molecule has 0 aliphatic carbocycles. The highest BCUT2D eigenvalue weighted by molar-refractivity contribution is 6.43. The predicted octanol–water partition coefficient (Wildman–Crippen LogP) is 6.46. The Morgan fingerprint density at radius 2 is 1.70 bits per heavy atom. The topological polar surface area (TPSA) is 24.5 Å². The molecule has 0 aromatic heterocycles. The van der Waals surface area contributed by atoms with Crippen LogP contribution in [0.1, 0.15) is 24.0 Å². The van der Waals surface area contributed by atoms with Crippen molar-refractivity contribution in [3.63, 3.8) is 0 Å². The quantitative estimate of drug-likeness (QED) is 0.419. The van der Waals surface area contributed by atoms with Gasteiger partial charge >= 0.3 is 0 Å². The zero-order chi connectivity index (χ0) is 22.8. The molecule has 1 N–H and O–H groups in total. The van der Waals surface area contributed by atoms with Gasteiger partial charge in [-0.25, -0.2) is 0 Å². The van der Waals surface area contributed by atoms with Gasteiger partial charge in [0.2, 0.25) is 0 Å². The number of piperidine rings is 3. The van der Waals surface area contributed by atoms with Crippen LogP contribution in [0.2, 0.25) is 10.0 Å². The highest BCUT2D eigenvalue weighted by Crippen LogP contribution is 2.36. The number of nitrogens with one attached hydrogen (secondary N) is 1. The van der Waals surface area contributed by atoms with E-state index in [9.17, 15) is 0 Å². The molecule has 3 aliphatic rings. The van der Waals surface area contributed by atoms with E-state index >= 15 is 0 Å². The molecule has 3 aromatic carbocycles. The van der Waals surface area contributed by atoms with Gasteiger partial charge in [-0.2, -0.15) is 0 Å². The van der Waals surface area contributed by atoms with Crippen molar-refractivity contribution in [3.05, 3.63) is 87.9 Å². The number of rotatable bonds is 7. The zero-order valence-electron chi connectivity index (χ0n) is 18.9. The van der Waals surface area contributed by atoms with Crippen LogP contribution >= 0.6 is 23.2 Å². The molecule has 0 amide bonds. The van der Waals surface area contributed by atoms with Gasteiger partial charge in [-0.1, -0.05) is 77.8 Å². The fourth-order valence-electron chi connectivity index (χ4n) is 5.58. The molecule has 3 saturated heterocycles. The third-order valence-corrected chi connectivity index (χ3v) is 8.17. The van der Waals surface area contributed by atoms with Gasteiger partial charge in [-0.3, -0.25) is 4.90 Å². The van der Waals surface area contributed by atoms with Crippen molar-refractivity contribution < 1.29 is 4.74 Å². The third-order valence-electron chi connectivity index (χ3n) is 7.35. The number of hydrogen-bond acceptors (Lipinski definition) is 3. The maximum Gasteiger partial charge on any atom is 0.123 e. The zero-order valence-corrected chi connectivity index (χ0v) is 20.4. The van der Waals surface area contributed by atoms with Gasteiger partial charge < -0.3 is 10.1 Å². The van der Waals surface area contributed by atoms with Crippen LogP contribution in [0, 0.1) is 5.92 Å². The van der Waals surface area contributed by atoms with Crippen LogP contribution in [0.5, 0.6) is 5.75 Å². The van der Waals surface area contributed by atoms with Crippen molar-refractivity contribution in [1.29, 1.82) is 0 Å². The molecule has 6 rings (SSSR count). The number of ether oxygens (including phenoxy) is 1. The number of fused-ring (bicyclic) bond motifs is 3. The molecule has 3 aliphatic heterocycles. The molecule has 172 valence electrons. The average Bonchev–Trinajstić information content (AvgIpc) is 2.86. The van der Waals surface area contributed by atoms with Gasteiger partial charge in [0.05, 0.1) is 17.2 Å². The lowest BCUT2D eigenvalue weighted by atomic mass is 9.76. The maximum atomic E-state index is 6.44. The summed E-state index contributed by atoms with van der Waals surface area (Å²) < 4.78 is 5.56. The van der Waals surface area contributed by atoms with Crippen molar-refractivity contribution in [2.24, 2.45) is 5.92 Å². The van der Waals surface area contributed by atoms with E-state index in [1.165, 1.54) is 37.1 Å². The standard InChI is InChI=1S/C28H30Cl2N2O/c1-33-26-8-3-2-5-22(26)18-31-28-21-13-15-32(16-14-21)25(28)17-19-9-11-20(12-10-19)23-6-4-7-24(29)27(23)30/h2-12,21,25,28,31H,13-18H2,1H3. The van der Waals surface area contributed by atoms with Crippen LogP contribution in [-0.2, 0) is 13.0 Å². The van der Waals surface area contributed by atoms with Crippen LogP contribution in [0.15, 0.2) is 66.7 Å². The lowest BCUT2D eigenvalue weighted by Crippen LogP contribution is -2.63. The second kappa shape index (κ2) is 10.1. The lowest BCUT2D eigenvalue weighted by molar-refractivity contribution is 0.0126. The molecule has 3 aromatic rings. The van der Waals surface area contributed by atoms with Crippen molar-refractivity contribution >= 4 is 23.2 Å². The van der Waals surface area contributed by atoms with Crippen LogP contribution in [-0.4, -0.2) is 37.2 Å². The third kappa shape index (κ3) is 4.79. The van der Waals surface area contributed by atoms with Gasteiger partial charge in [0.25, 0.3) is 0 Å². The van der Waals surface area contributed by atoms with E-state index in [1.54, 1.807) is 7.11 Å². The van der Waals surface area contributed by atoms with E-state index in [0.717, 1.165) is 35.8 Å². The summed E-state index contributed by atoms with van der Waals surface area (Å²) in [7, 11) is 1.75. The van der Waals surface area contributed by atoms with Gasteiger partial charge in [0.15, 0.2) is 0 Å². The minimum Gasteiger partial charge on any atom is -0.496 e. The highest BCUT2D eigenvalue weighted by Gasteiger charge is 2.41. The van der Waals surface area contributed by atoms with E-state index in [1.807, 2.05) is 30.3 Å². The second-order valence-electron chi connectivity index (χ2n) is 9.16. The van der Waals surface area contributed by atoms with Crippen LogP contribution in [0.3, 0.4) is 0 Å². The summed E-state index contributed by atoms with van der Waals surface area (Å²) in [5, 5.41) is 5.12. The Kier molecular flexibility index (Phi) is 6.94. The van der Waals surface area contributed by atoms with E-state index in [-0.39, 0.29) is 0 Å². The number of para-hydroxylation sites is 1. The summed E-state index contributed by atoms with van der Waals surface area (Å²) in [5.74, 6) is 1.69. The Morgan fingerprint density at radius 1 is 0.939 bits per heavy atom. The molecule has 33 heavy (non-hydrogen) atoms. The SMILES string of the molecule is COc1ccccc1CNC1C2CCN(CC2)C1Cc1ccc(-c2cccc(Cl)c2Cl)cc1. The molecule has 0 radical (unpaired) electrons.